The molecule has 1 fully saturated rings. The number of piperazine rings is 1. The number of benzene rings is 1. The first-order chi connectivity index (χ1) is 10.7. The van der Waals surface area contributed by atoms with Crippen LogP contribution in [0.2, 0.25) is 0 Å². The third-order valence-corrected chi connectivity index (χ3v) is 3.97. The fraction of sp³-hybridized carbons (Fsp3) is 0.562. The number of rotatable bonds is 6. The van der Waals surface area contributed by atoms with Gasteiger partial charge >= 0.3 is 0 Å². The topological polar surface area (TPSA) is 54.0 Å². The first kappa shape index (κ1) is 16.6. The molecule has 1 heterocycles. The van der Waals surface area contributed by atoms with Gasteiger partial charge in [0.1, 0.15) is 17.2 Å². The van der Waals surface area contributed by atoms with Crippen molar-refractivity contribution in [3.8, 4) is 11.5 Å². The summed E-state index contributed by atoms with van der Waals surface area (Å²) < 4.78 is 10.6. The van der Waals surface area contributed by atoms with E-state index >= 15 is 0 Å². The maximum atomic E-state index is 12.3. The van der Waals surface area contributed by atoms with E-state index in [0.29, 0.717) is 23.7 Å². The number of likely N-dealkylation sites (N-methyl/N-ethyl adjacent to an activating group) is 1. The first-order valence-electron chi connectivity index (χ1n) is 7.63. The molecule has 1 aliphatic rings. The summed E-state index contributed by atoms with van der Waals surface area (Å²) >= 11 is 0. The SMILES string of the molecule is CCN1CCN(CC(=O)Nc2c(OC)cccc2OC)CC1. The Balaban J connectivity index is 1.95. The van der Waals surface area contributed by atoms with Gasteiger partial charge in [-0.3, -0.25) is 9.69 Å². The first-order valence-corrected chi connectivity index (χ1v) is 7.63. The number of methoxy groups -OCH3 is 2. The lowest BCUT2D eigenvalue weighted by atomic mass is 10.2. The van der Waals surface area contributed by atoms with E-state index in [4.69, 9.17) is 9.47 Å². The quantitative estimate of drug-likeness (QED) is 0.858. The number of hydrogen-bond donors (Lipinski definition) is 1. The number of para-hydroxylation sites is 1. The molecule has 0 unspecified atom stereocenters. The highest BCUT2D eigenvalue weighted by Gasteiger charge is 2.19. The number of carbonyl (C=O) groups excluding carboxylic acids is 1. The largest absolute Gasteiger partial charge is 0.494 e. The van der Waals surface area contributed by atoms with E-state index < -0.39 is 0 Å². The number of ether oxygens (including phenoxy) is 2. The van der Waals surface area contributed by atoms with Gasteiger partial charge < -0.3 is 19.7 Å². The predicted octanol–water partition coefficient (Wildman–Crippen LogP) is 1.28. The molecule has 1 aliphatic heterocycles. The third-order valence-electron chi connectivity index (χ3n) is 3.97. The average Bonchev–Trinajstić information content (AvgIpc) is 2.55. The van der Waals surface area contributed by atoms with Gasteiger partial charge in [0, 0.05) is 26.2 Å². The van der Waals surface area contributed by atoms with Crippen LogP contribution in [-0.4, -0.2) is 69.2 Å². The Morgan fingerprint density at radius 1 is 1.09 bits per heavy atom. The monoisotopic (exact) mass is 307 g/mol. The molecule has 0 aromatic heterocycles. The molecular formula is C16H25N3O3. The van der Waals surface area contributed by atoms with Crippen LogP contribution < -0.4 is 14.8 Å². The molecule has 122 valence electrons. The lowest BCUT2D eigenvalue weighted by Crippen LogP contribution is -2.48. The summed E-state index contributed by atoms with van der Waals surface area (Å²) in [6, 6.07) is 5.44. The van der Waals surface area contributed by atoms with Gasteiger partial charge in [-0.05, 0) is 18.7 Å². The zero-order chi connectivity index (χ0) is 15.9. The highest BCUT2D eigenvalue weighted by molar-refractivity contribution is 5.95. The third kappa shape index (κ3) is 4.11. The molecule has 0 atom stereocenters. The molecule has 22 heavy (non-hydrogen) atoms. The highest BCUT2D eigenvalue weighted by Crippen LogP contribution is 2.33. The van der Waals surface area contributed by atoms with Crippen molar-refractivity contribution >= 4 is 11.6 Å². The van der Waals surface area contributed by atoms with Crippen molar-refractivity contribution < 1.29 is 14.3 Å². The molecule has 6 heteroatoms. The Morgan fingerprint density at radius 3 is 2.14 bits per heavy atom. The summed E-state index contributed by atoms with van der Waals surface area (Å²) in [4.78, 5) is 16.8. The van der Waals surface area contributed by atoms with Crippen LogP contribution in [0.4, 0.5) is 5.69 Å². The summed E-state index contributed by atoms with van der Waals surface area (Å²) in [7, 11) is 3.16. The van der Waals surface area contributed by atoms with E-state index in [0.717, 1.165) is 32.7 Å². The maximum absolute atomic E-state index is 12.3. The number of anilines is 1. The Bertz CT molecular complexity index is 477. The van der Waals surface area contributed by atoms with E-state index in [1.807, 2.05) is 6.07 Å². The molecule has 2 rings (SSSR count). The minimum atomic E-state index is -0.0484. The maximum Gasteiger partial charge on any atom is 0.238 e. The molecule has 6 nitrogen and oxygen atoms in total. The number of carbonyl (C=O) groups is 1. The fourth-order valence-electron chi connectivity index (χ4n) is 2.62. The van der Waals surface area contributed by atoms with Crippen molar-refractivity contribution in [1.29, 1.82) is 0 Å². The van der Waals surface area contributed by atoms with Crippen LogP contribution in [0.25, 0.3) is 0 Å². The lowest BCUT2D eigenvalue weighted by Gasteiger charge is -2.33. The van der Waals surface area contributed by atoms with E-state index in [1.54, 1.807) is 26.4 Å². The lowest BCUT2D eigenvalue weighted by molar-refractivity contribution is -0.117. The van der Waals surface area contributed by atoms with Gasteiger partial charge in [0.05, 0.1) is 20.8 Å². The standard InChI is InChI=1S/C16H25N3O3/c1-4-18-8-10-19(11-9-18)12-15(20)17-16-13(21-2)6-5-7-14(16)22-3/h5-7H,4,8-12H2,1-3H3,(H,17,20). The van der Waals surface area contributed by atoms with Gasteiger partial charge in [0.25, 0.3) is 0 Å². The molecule has 0 spiro atoms. The molecule has 0 aliphatic carbocycles. The number of nitrogens with one attached hydrogen (secondary N) is 1. The number of hydrogen-bond acceptors (Lipinski definition) is 5. The van der Waals surface area contributed by atoms with Crippen molar-refractivity contribution in [2.75, 3.05) is 58.8 Å². The molecule has 0 radical (unpaired) electrons. The van der Waals surface area contributed by atoms with Crippen LogP contribution >= 0.6 is 0 Å². The van der Waals surface area contributed by atoms with Crippen LogP contribution in [-0.2, 0) is 4.79 Å². The summed E-state index contributed by atoms with van der Waals surface area (Å²) in [6.07, 6.45) is 0. The summed E-state index contributed by atoms with van der Waals surface area (Å²) in [6.45, 7) is 7.49. The molecule has 1 N–H and O–H groups in total. The van der Waals surface area contributed by atoms with Crippen LogP contribution in [0.1, 0.15) is 6.92 Å². The Kier molecular flexibility index (Phi) is 6.03. The van der Waals surface area contributed by atoms with E-state index in [2.05, 4.69) is 22.0 Å². The summed E-state index contributed by atoms with van der Waals surface area (Å²) in [5.41, 5.74) is 0.588. The minimum absolute atomic E-state index is 0.0484. The van der Waals surface area contributed by atoms with Crippen molar-refractivity contribution in [3.63, 3.8) is 0 Å². The summed E-state index contributed by atoms with van der Waals surface area (Å²) in [5, 5.41) is 2.91. The summed E-state index contributed by atoms with van der Waals surface area (Å²) in [5.74, 6) is 1.15. The van der Waals surface area contributed by atoms with Crippen LogP contribution in [0, 0.1) is 0 Å². The van der Waals surface area contributed by atoms with Crippen molar-refractivity contribution in [1.82, 2.24) is 9.80 Å². The molecular weight excluding hydrogens is 282 g/mol. The second kappa shape index (κ2) is 8.00. The molecule has 0 bridgehead atoms. The normalized spacial score (nSPS) is 16.3. The zero-order valence-electron chi connectivity index (χ0n) is 13.6. The average molecular weight is 307 g/mol. The molecule has 0 saturated carbocycles. The number of amides is 1. The second-order valence-electron chi connectivity index (χ2n) is 5.30. The highest BCUT2D eigenvalue weighted by atomic mass is 16.5. The van der Waals surface area contributed by atoms with Crippen molar-refractivity contribution in [3.05, 3.63) is 18.2 Å². The van der Waals surface area contributed by atoms with Crippen LogP contribution in [0.5, 0.6) is 11.5 Å². The van der Waals surface area contributed by atoms with Gasteiger partial charge in [0.2, 0.25) is 5.91 Å². The number of nitrogens with zero attached hydrogens (tertiary/aromatic N) is 2. The van der Waals surface area contributed by atoms with Gasteiger partial charge in [-0.1, -0.05) is 13.0 Å². The van der Waals surface area contributed by atoms with E-state index in [-0.39, 0.29) is 5.91 Å². The molecule has 1 aromatic rings. The molecule has 1 aromatic carbocycles. The van der Waals surface area contributed by atoms with Gasteiger partial charge in [0.15, 0.2) is 0 Å². The van der Waals surface area contributed by atoms with Crippen molar-refractivity contribution in [2.45, 2.75) is 6.92 Å². The van der Waals surface area contributed by atoms with E-state index in [1.165, 1.54) is 0 Å². The van der Waals surface area contributed by atoms with Gasteiger partial charge in [-0.25, -0.2) is 0 Å². The van der Waals surface area contributed by atoms with Gasteiger partial charge in [-0.2, -0.15) is 0 Å². The van der Waals surface area contributed by atoms with E-state index in [9.17, 15) is 4.79 Å². The van der Waals surface area contributed by atoms with Gasteiger partial charge in [-0.15, -0.1) is 0 Å². The van der Waals surface area contributed by atoms with Crippen LogP contribution in [0.15, 0.2) is 18.2 Å². The predicted molar refractivity (Wildman–Crippen MR) is 86.7 cm³/mol. The Morgan fingerprint density at radius 2 is 1.64 bits per heavy atom. The Labute approximate surface area is 132 Å². The van der Waals surface area contributed by atoms with Crippen molar-refractivity contribution in [2.24, 2.45) is 0 Å². The fourth-order valence-corrected chi connectivity index (χ4v) is 2.62. The second-order valence-corrected chi connectivity index (χ2v) is 5.30. The minimum Gasteiger partial charge on any atom is -0.494 e. The molecule has 1 saturated heterocycles. The Hall–Kier alpha value is -1.79. The smallest absolute Gasteiger partial charge is 0.238 e. The zero-order valence-corrected chi connectivity index (χ0v) is 13.6. The molecule has 1 amide bonds. The van der Waals surface area contributed by atoms with Crippen LogP contribution in [0.3, 0.4) is 0 Å².